The maximum absolute atomic E-state index is 2.22. The molecule has 0 bridgehead atoms. The molecule has 0 radical (unpaired) electrons. The molecule has 0 N–H and O–H groups in total. The summed E-state index contributed by atoms with van der Waals surface area (Å²) in [6, 6.07) is 8.59. The average molecular weight is 236 g/mol. The van der Waals surface area contributed by atoms with Gasteiger partial charge < -0.3 is 0 Å². The summed E-state index contributed by atoms with van der Waals surface area (Å²) in [6.07, 6.45) is 1.12. The molecule has 0 nitrogen and oxygen atoms in total. The summed E-state index contributed by atoms with van der Waals surface area (Å²) in [6.45, 7) is 12.8. The molecular weight excluding hydrogens is 204 g/mol. The van der Waals surface area contributed by atoms with E-state index in [-0.39, 0.29) is 14.9 Å². The van der Waals surface area contributed by atoms with Crippen molar-refractivity contribution in [3.05, 3.63) is 41.0 Å². The molecule has 0 heteroatoms. The van der Waals surface area contributed by atoms with Crippen molar-refractivity contribution in [2.24, 2.45) is 0 Å². The lowest BCUT2D eigenvalue weighted by molar-refractivity contribution is 1.18. The highest BCUT2D eigenvalue weighted by molar-refractivity contribution is 5.70. The van der Waals surface area contributed by atoms with E-state index in [1.54, 1.807) is 0 Å². The van der Waals surface area contributed by atoms with Crippen LogP contribution in [-0.2, 0) is 0 Å². The van der Waals surface area contributed by atoms with Crippen LogP contribution in [0.3, 0.4) is 0 Å². The van der Waals surface area contributed by atoms with E-state index >= 15 is 0 Å². The fourth-order valence-corrected chi connectivity index (χ4v) is 1.72. The van der Waals surface area contributed by atoms with Crippen molar-refractivity contribution in [3.63, 3.8) is 0 Å². The molecule has 0 unspecified atom stereocenters. The Kier molecular flexibility index (Phi) is 14.3. The molecule has 0 aliphatic carbocycles. The summed E-state index contributed by atoms with van der Waals surface area (Å²) in [5.74, 6) is 0. The van der Waals surface area contributed by atoms with Gasteiger partial charge in [-0.15, -0.1) is 0 Å². The topological polar surface area (TPSA) is 0 Å². The molecule has 0 fully saturated rings. The highest BCUT2D eigenvalue weighted by Gasteiger charge is 2.02. The Bertz CT molecular complexity index is 315. The zero-order chi connectivity index (χ0) is 11.8. The van der Waals surface area contributed by atoms with Crippen molar-refractivity contribution in [2.45, 2.75) is 62.8 Å². The van der Waals surface area contributed by atoms with Crippen LogP contribution in [0.15, 0.2) is 29.8 Å². The molecule has 100 valence electrons. The van der Waals surface area contributed by atoms with Crippen LogP contribution in [-0.4, -0.2) is 0 Å². The lowest BCUT2D eigenvalue weighted by atomic mass is 9.95. The third-order valence-electron chi connectivity index (χ3n) is 2.43. The monoisotopic (exact) mass is 236 g/mol. The van der Waals surface area contributed by atoms with Crippen LogP contribution in [0.2, 0.25) is 0 Å². The quantitative estimate of drug-likeness (QED) is 0.550. The van der Waals surface area contributed by atoms with Gasteiger partial charge in [0.15, 0.2) is 0 Å². The molecule has 1 aromatic rings. The Balaban J connectivity index is -0.000000464. The molecule has 0 aromatic heterocycles. The lowest BCUT2D eigenvalue weighted by Crippen LogP contribution is -1.89. The molecule has 0 atom stereocenters. The third-order valence-corrected chi connectivity index (χ3v) is 2.43. The zero-order valence-electron chi connectivity index (χ0n) is 11.0. The first kappa shape index (κ1) is 21.3. The largest absolute Gasteiger partial charge is 0.0776 e. The van der Waals surface area contributed by atoms with Gasteiger partial charge in [0.1, 0.15) is 0 Å². The normalized spacial score (nSPS) is 7.88. The number of rotatable bonds is 2. The van der Waals surface area contributed by atoms with Gasteiger partial charge in [0.05, 0.1) is 0 Å². The first-order valence-electron chi connectivity index (χ1n) is 5.89. The van der Waals surface area contributed by atoms with Gasteiger partial charge >= 0.3 is 0 Å². The van der Waals surface area contributed by atoms with E-state index < -0.39 is 0 Å². The van der Waals surface area contributed by atoms with Crippen LogP contribution in [0.4, 0.5) is 0 Å². The van der Waals surface area contributed by atoms with Crippen molar-refractivity contribution < 1.29 is 0 Å². The summed E-state index contributed by atoms with van der Waals surface area (Å²) in [5, 5.41) is 0. The van der Waals surface area contributed by atoms with Gasteiger partial charge in [-0.1, -0.05) is 65.5 Å². The van der Waals surface area contributed by atoms with Crippen LogP contribution >= 0.6 is 0 Å². The van der Waals surface area contributed by atoms with E-state index in [1.807, 2.05) is 13.8 Å². The first-order valence-corrected chi connectivity index (χ1v) is 5.89. The van der Waals surface area contributed by atoms with E-state index in [0.29, 0.717) is 0 Å². The fourth-order valence-electron chi connectivity index (χ4n) is 1.72. The molecular formula is C17H32. The van der Waals surface area contributed by atoms with Crippen molar-refractivity contribution in [3.8, 4) is 0 Å². The van der Waals surface area contributed by atoms with Crippen LogP contribution in [0.25, 0.3) is 5.57 Å². The average Bonchev–Trinajstić information content (AvgIpc) is 2.24. The van der Waals surface area contributed by atoms with E-state index in [2.05, 4.69) is 52.0 Å². The SMILES string of the molecule is C.C.CC.CCC(=C(C)C)c1ccccc1C. The molecule has 0 saturated carbocycles. The summed E-state index contributed by atoms with van der Waals surface area (Å²) in [7, 11) is 0. The molecule has 1 rings (SSSR count). The minimum absolute atomic E-state index is 0. The molecule has 0 saturated heterocycles. The molecule has 0 spiro atoms. The summed E-state index contributed by atoms with van der Waals surface area (Å²) < 4.78 is 0. The minimum atomic E-state index is 0. The highest BCUT2D eigenvalue weighted by atomic mass is 14.1. The maximum Gasteiger partial charge on any atom is -0.0196 e. The predicted octanol–water partition coefficient (Wildman–Crippen LogP) is 6.50. The van der Waals surface area contributed by atoms with E-state index in [9.17, 15) is 0 Å². The van der Waals surface area contributed by atoms with Crippen LogP contribution < -0.4 is 0 Å². The maximum atomic E-state index is 2.22. The van der Waals surface area contributed by atoms with Crippen LogP contribution in [0, 0.1) is 6.92 Å². The van der Waals surface area contributed by atoms with E-state index in [1.165, 1.54) is 22.3 Å². The summed E-state index contributed by atoms with van der Waals surface area (Å²) in [5.41, 5.74) is 5.69. The number of aryl methyl sites for hydroxylation is 1. The Morgan fingerprint density at radius 1 is 1.00 bits per heavy atom. The Hall–Kier alpha value is -1.04. The van der Waals surface area contributed by atoms with Crippen molar-refractivity contribution >= 4 is 5.57 Å². The number of hydrogen-bond donors (Lipinski definition) is 0. The summed E-state index contributed by atoms with van der Waals surface area (Å²) in [4.78, 5) is 0. The van der Waals surface area contributed by atoms with Gasteiger partial charge in [-0.2, -0.15) is 0 Å². The Morgan fingerprint density at radius 2 is 1.47 bits per heavy atom. The Labute approximate surface area is 110 Å². The van der Waals surface area contributed by atoms with Gasteiger partial charge in [-0.3, -0.25) is 0 Å². The Morgan fingerprint density at radius 3 is 1.82 bits per heavy atom. The van der Waals surface area contributed by atoms with Crippen molar-refractivity contribution in [1.82, 2.24) is 0 Å². The van der Waals surface area contributed by atoms with Gasteiger partial charge in [0.2, 0.25) is 0 Å². The number of allylic oxidation sites excluding steroid dienone is 2. The second-order valence-electron chi connectivity index (χ2n) is 3.65. The summed E-state index contributed by atoms with van der Waals surface area (Å²) >= 11 is 0. The smallest absolute Gasteiger partial charge is 0.0196 e. The molecule has 0 heterocycles. The molecule has 0 aliphatic rings. The second-order valence-corrected chi connectivity index (χ2v) is 3.65. The van der Waals surface area contributed by atoms with Crippen LogP contribution in [0.5, 0.6) is 0 Å². The van der Waals surface area contributed by atoms with Crippen molar-refractivity contribution in [1.29, 1.82) is 0 Å². The highest BCUT2D eigenvalue weighted by Crippen LogP contribution is 2.24. The van der Waals surface area contributed by atoms with Crippen molar-refractivity contribution in [2.75, 3.05) is 0 Å². The fraction of sp³-hybridized carbons (Fsp3) is 0.529. The van der Waals surface area contributed by atoms with Gasteiger partial charge in [0.25, 0.3) is 0 Å². The molecule has 1 aromatic carbocycles. The van der Waals surface area contributed by atoms with Gasteiger partial charge in [-0.25, -0.2) is 0 Å². The standard InChI is InChI=1S/C13H18.C2H6.2CH4/c1-5-12(10(2)3)13-9-7-6-8-11(13)4;1-2;;/h6-9H,5H2,1-4H3;1-2H3;2*1H4. The first-order chi connectivity index (χ1) is 7.16. The van der Waals surface area contributed by atoms with E-state index in [0.717, 1.165) is 6.42 Å². The lowest BCUT2D eigenvalue weighted by Gasteiger charge is -2.10. The predicted molar refractivity (Wildman–Crippen MR) is 84.5 cm³/mol. The molecule has 0 aliphatic heterocycles. The number of benzene rings is 1. The number of hydrogen-bond acceptors (Lipinski definition) is 0. The van der Waals surface area contributed by atoms with Crippen LogP contribution in [0.1, 0.15) is 67.0 Å². The van der Waals surface area contributed by atoms with Gasteiger partial charge in [-0.05, 0) is 43.9 Å². The minimum Gasteiger partial charge on any atom is -0.0776 e. The van der Waals surface area contributed by atoms with Gasteiger partial charge in [0, 0.05) is 0 Å². The zero-order valence-corrected chi connectivity index (χ0v) is 11.0. The second kappa shape index (κ2) is 11.4. The van der Waals surface area contributed by atoms with E-state index in [4.69, 9.17) is 0 Å². The molecule has 17 heavy (non-hydrogen) atoms. The third kappa shape index (κ3) is 6.31. The molecule has 0 amide bonds.